The number of anilines is 1. The highest BCUT2D eigenvalue weighted by atomic mass is 16.5. The van der Waals surface area contributed by atoms with Gasteiger partial charge < -0.3 is 34.8 Å². The molecule has 0 saturated carbocycles. The summed E-state index contributed by atoms with van der Waals surface area (Å²) in [7, 11) is 0. The Morgan fingerprint density at radius 2 is 1.73 bits per heavy atom. The lowest BCUT2D eigenvalue weighted by molar-refractivity contribution is -0.0211. The molecule has 0 bridgehead atoms. The summed E-state index contributed by atoms with van der Waals surface area (Å²) in [5.74, 6) is 0. The first-order chi connectivity index (χ1) is 14.7. The lowest BCUT2D eigenvalue weighted by Gasteiger charge is -2.41. The molecule has 1 aromatic carbocycles. The molecule has 0 radical (unpaired) electrons. The first-order valence-corrected chi connectivity index (χ1v) is 10.8. The maximum Gasteiger partial charge on any atom is 0.317 e. The normalized spacial score (nSPS) is 30.5. The summed E-state index contributed by atoms with van der Waals surface area (Å²) in [6.45, 7) is 5.57. The van der Waals surface area contributed by atoms with Crippen LogP contribution in [0.5, 0.6) is 0 Å². The second kappa shape index (κ2) is 9.93. The number of carbonyl (C=O) groups excluding carboxylic acids is 1. The second-order valence-electron chi connectivity index (χ2n) is 8.02. The topological polar surface area (TPSA) is 97.7 Å². The largest absolute Gasteiger partial charge is 0.394 e. The van der Waals surface area contributed by atoms with Crippen molar-refractivity contribution in [2.45, 2.75) is 24.4 Å². The summed E-state index contributed by atoms with van der Waals surface area (Å²) in [4.78, 5) is 18.7. The summed E-state index contributed by atoms with van der Waals surface area (Å²) < 4.78 is 11.2. The Labute approximate surface area is 177 Å². The SMILES string of the molecule is O=C(NC[C@H]1O[C@@H](CO)[C@@H](O)[C@@H]1N1CCN(c2ccccc2)CC1)N1CCOCC1. The third kappa shape index (κ3) is 4.70. The van der Waals surface area contributed by atoms with Crippen LogP contribution in [0, 0.1) is 0 Å². The van der Waals surface area contributed by atoms with Crippen LogP contribution in [-0.4, -0.2) is 116 Å². The molecule has 3 aliphatic rings. The van der Waals surface area contributed by atoms with Crippen molar-refractivity contribution in [2.24, 2.45) is 0 Å². The summed E-state index contributed by atoms with van der Waals surface area (Å²) in [5, 5.41) is 23.3. The average Bonchev–Trinajstić information content (AvgIpc) is 3.14. The fourth-order valence-corrected chi connectivity index (χ4v) is 4.58. The molecule has 3 saturated heterocycles. The van der Waals surface area contributed by atoms with Gasteiger partial charge in [0.15, 0.2) is 0 Å². The second-order valence-corrected chi connectivity index (χ2v) is 8.02. The number of morpholine rings is 1. The Hall–Kier alpha value is -1.91. The third-order valence-electron chi connectivity index (χ3n) is 6.25. The van der Waals surface area contributed by atoms with Crippen molar-refractivity contribution < 1.29 is 24.5 Å². The van der Waals surface area contributed by atoms with Crippen molar-refractivity contribution in [1.29, 1.82) is 0 Å². The number of para-hydroxylation sites is 1. The molecule has 3 fully saturated rings. The molecule has 3 aliphatic heterocycles. The van der Waals surface area contributed by atoms with E-state index in [1.54, 1.807) is 4.90 Å². The van der Waals surface area contributed by atoms with Gasteiger partial charge in [-0.25, -0.2) is 4.79 Å². The van der Waals surface area contributed by atoms with E-state index in [-0.39, 0.29) is 24.8 Å². The molecule has 4 rings (SSSR count). The highest BCUT2D eigenvalue weighted by Gasteiger charge is 2.46. The number of aliphatic hydroxyl groups excluding tert-OH is 2. The molecule has 1 aromatic rings. The number of nitrogens with one attached hydrogen (secondary N) is 1. The van der Waals surface area contributed by atoms with E-state index in [0.717, 1.165) is 26.2 Å². The Balaban J connectivity index is 1.35. The van der Waals surface area contributed by atoms with Crippen molar-refractivity contribution in [3.05, 3.63) is 30.3 Å². The van der Waals surface area contributed by atoms with E-state index >= 15 is 0 Å². The highest BCUT2D eigenvalue weighted by molar-refractivity contribution is 5.74. The van der Waals surface area contributed by atoms with Gasteiger partial charge in [0.1, 0.15) is 12.2 Å². The number of ether oxygens (including phenoxy) is 2. The van der Waals surface area contributed by atoms with Crippen LogP contribution in [0.2, 0.25) is 0 Å². The van der Waals surface area contributed by atoms with E-state index in [9.17, 15) is 15.0 Å². The molecule has 0 spiro atoms. The molecule has 3 N–H and O–H groups in total. The van der Waals surface area contributed by atoms with Gasteiger partial charge in [-0.3, -0.25) is 4.90 Å². The zero-order valence-electron chi connectivity index (χ0n) is 17.2. The number of aliphatic hydroxyl groups is 2. The Morgan fingerprint density at radius 3 is 2.40 bits per heavy atom. The summed E-state index contributed by atoms with van der Waals surface area (Å²) >= 11 is 0. The Kier molecular flexibility index (Phi) is 7.06. The molecule has 166 valence electrons. The van der Waals surface area contributed by atoms with Crippen molar-refractivity contribution in [3.63, 3.8) is 0 Å². The van der Waals surface area contributed by atoms with Crippen molar-refractivity contribution >= 4 is 11.7 Å². The van der Waals surface area contributed by atoms with Gasteiger partial charge in [-0.15, -0.1) is 0 Å². The predicted molar refractivity (Wildman–Crippen MR) is 112 cm³/mol. The van der Waals surface area contributed by atoms with Gasteiger partial charge in [-0.1, -0.05) is 18.2 Å². The predicted octanol–water partition coefficient (Wildman–Crippen LogP) is -0.660. The summed E-state index contributed by atoms with van der Waals surface area (Å²) in [6, 6.07) is 9.90. The van der Waals surface area contributed by atoms with Crippen molar-refractivity contribution in [2.75, 3.05) is 70.5 Å². The summed E-state index contributed by atoms with van der Waals surface area (Å²) in [6.07, 6.45) is -1.79. The molecular weight excluding hydrogens is 388 g/mol. The first-order valence-electron chi connectivity index (χ1n) is 10.8. The molecule has 3 heterocycles. The molecule has 0 aliphatic carbocycles. The van der Waals surface area contributed by atoms with Crippen LogP contribution >= 0.6 is 0 Å². The number of benzene rings is 1. The van der Waals surface area contributed by atoms with Crippen LogP contribution in [0.25, 0.3) is 0 Å². The van der Waals surface area contributed by atoms with E-state index < -0.39 is 12.2 Å². The van der Waals surface area contributed by atoms with Crippen molar-refractivity contribution in [3.8, 4) is 0 Å². The van der Waals surface area contributed by atoms with Gasteiger partial charge >= 0.3 is 6.03 Å². The zero-order valence-corrected chi connectivity index (χ0v) is 17.2. The molecule has 30 heavy (non-hydrogen) atoms. The molecule has 9 nitrogen and oxygen atoms in total. The smallest absolute Gasteiger partial charge is 0.317 e. The first kappa shape index (κ1) is 21.3. The Bertz CT molecular complexity index is 679. The van der Waals surface area contributed by atoms with Crippen LogP contribution in [0.4, 0.5) is 10.5 Å². The van der Waals surface area contributed by atoms with Gasteiger partial charge in [0.25, 0.3) is 0 Å². The van der Waals surface area contributed by atoms with Crippen LogP contribution in [0.3, 0.4) is 0 Å². The monoisotopic (exact) mass is 420 g/mol. The number of nitrogens with zero attached hydrogens (tertiary/aromatic N) is 3. The van der Waals surface area contributed by atoms with Crippen molar-refractivity contribution in [1.82, 2.24) is 15.1 Å². The van der Waals surface area contributed by atoms with Crippen LogP contribution in [-0.2, 0) is 9.47 Å². The number of piperazine rings is 1. The molecule has 9 heteroatoms. The van der Waals surface area contributed by atoms with E-state index in [4.69, 9.17) is 9.47 Å². The van der Waals surface area contributed by atoms with Crippen LogP contribution < -0.4 is 10.2 Å². The number of hydrogen-bond acceptors (Lipinski definition) is 7. The van der Waals surface area contributed by atoms with Crippen LogP contribution in [0.1, 0.15) is 0 Å². The van der Waals surface area contributed by atoms with E-state index in [1.165, 1.54) is 5.69 Å². The average molecular weight is 421 g/mol. The molecule has 0 unspecified atom stereocenters. The fourth-order valence-electron chi connectivity index (χ4n) is 4.58. The molecule has 2 amide bonds. The Morgan fingerprint density at radius 1 is 1.03 bits per heavy atom. The molecular formula is C21H32N4O5. The van der Waals surface area contributed by atoms with E-state index in [0.29, 0.717) is 32.8 Å². The maximum absolute atomic E-state index is 12.4. The quantitative estimate of drug-likeness (QED) is 0.582. The number of urea groups is 1. The standard InChI is InChI=1S/C21H32N4O5/c26-15-18-20(27)19(17(30-18)14-22-21(28)25-10-12-29-13-11-25)24-8-6-23(7-9-24)16-4-2-1-3-5-16/h1-5,17-20,26-27H,6-15H2,(H,22,28)/t17-,18+,19-,20-/m1/s1. The number of hydrogen-bond donors (Lipinski definition) is 3. The minimum atomic E-state index is -0.788. The van der Waals surface area contributed by atoms with Crippen LogP contribution in [0.15, 0.2) is 30.3 Å². The minimum absolute atomic E-state index is 0.142. The highest BCUT2D eigenvalue weighted by Crippen LogP contribution is 2.27. The fraction of sp³-hybridized carbons (Fsp3) is 0.667. The maximum atomic E-state index is 12.4. The molecule has 4 atom stereocenters. The lowest BCUT2D eigenvalue weighted by atomic mass is 10.0. The minimum Gasteiger partial charge on any atom is -0.394 e. The van der Waals surface area contributed by atoms with Gasteiger partial charge in [0.2, 0.25) is 0 Å². The van der Waals surface area contributed by atoms with Gasteiger partial charge in [-0.05, 0) is 12.1 Å². The lowest BCUT2D eigenvalue weighted by Crippen LogP contribution is -2.58. The van der Waals surface area contributed by atoms with Gasteiger partial charge in [-0.2, -0.15) is 0 Å². The number of rotatable bonds is 5. The molecule has 0 aromatic heterocycles. The van der Waals surface area contributed by atoms with E-state index in [1.807, 2.05) is 18.2 Å². The van der Waals surface area contributed by atoms with E-state index in [2.05, 4.69) is 27.2 Å². The van der Waals surface area contributed by atoms with Gasteiger partial charge in [0.05, 0.1) is 32.0 Å². The third-order valence-corrected chi connectivity index (χ3v) is 6.25. The van der Waals surface area contributed by atoms with Gasteiger partial charge in [0, 0.05) is 51.5 Å². The zero-order chi connectivity index (χ0) is 20.9. The summed E-state index contributed by atoms with van der Waals surface area (Å²) in [5.41, 5.74) is 1.20. The number of amides is 2. The number of carbonyl (C=O) groups is 1.